The number of halogens is 2. The molecule has 1 saturated carbocycles. The van der Waals surface area contributed by atoms with Gasteiger partial charge in [0.2, 0.25) is 0 Å². The van der Waals surface area contributed by atoms with Crippen LogP contribution >= 0.6 is 11.8 Å². The molecule has 1 aromatic carbocycles. The highest BCUT2D eigenvalue weighted by molar-refractivity contribution is 8.14. The Morgan fingerprint density at radius 3 is 2.50 bits per heavy atom. The van der Waals surface area contributed by atoms with E-state index in [-0.39, 0.29) is 10.7 Å². The molecule has 0 radical (unpaired) electrons. The number of thioether (sulfide) groups is 1. The maximum atomic E-state index is 13.3. The van der Waals surface area contributed by atoms with Gasteiger partial charge in [0, 0.05) is 41.6 Å². The van der Waals surface area contributed by atoms with E-state index < -0.39 is 23.7 Å². The van der Waals surface area contributed by atoms with Crippen molar-refractivity contribution in [1.29, 1.82) is 0 Å². The second-order valence-corrected chi connectivity index (χ2v) is 8.35. The van der Waals surface area contributed by atoms with E-state index in [1.54, 1.807) is 25.2 Å². The van der Waals surface area contributed by atoms with E-state index in [2.05, 4.69) is 27.5 Å². The molecule has 2 unspecified atom stereocenters. The molecule has 1 aliphatic carbocycles. The number of nitrogens with zero attached hydrogens (tertiary/aromatic N) is 1. The predicted molar refractivity (Wildman–Crippen MR) is 147 cm³/mol. The zero-order chi connectivity index (χ0) is 27.3. The molecule has 1 aromatic rings. The summed E-state index contributed by atoms with van der Waals surface area (Å²) in [6, 6.07) is 3.69. The summed E-state index contributed by atoms with van der Waals surface area (Å²) in [5, 5.41) is 4.94. The number of aliphatic imine (C=N–C) groups is 1. The number of amidine groups is 1. The minimum absolute atomic E-state index is 0.0245. The molecule has 2 atom stereocenters. The number of hydrogen-bond acceptors (Lipinski definition) is 6. The number of rotatable bonds is 6. The van der Waals surface area contributed by atoms with Crippen molar-refractivity contribution in [3.63, 3.8) is 0 Å². The lowest BCUT2D eigenvalue weighted by atomic mass is 9.94. The van der Waals surface area contributed by atoms with Gasteiger partial charge in [0.25, 0.3) is 12.3 Å². The number of dihydropyridines is 1. The fourth-order valence-corrected chi connectivity index (χ4v) is 3.50. The van der Waals surface area contributed by atoms with Gasteiger partial charge >= 0.3 is 0 Å². The molecule has 198 valence electrons. The van der Waals surface area contributed by atoms with Gasteiger partial charge in [0.15, 0.2) is 5.17 Å². The smallest absolute Gasteiger partial charge is 0.280 e. The number of carbonyl (C=O) groups excluding carboxylic acids is 1. The van der Waals surface area contributed by atoms with Crippen molar-refractivity contribution in [2.75, 3.05) is 19.5 Å². The standard InChI is InChI=1S/C22H25F2N5O2S.2C2H6/c1-27-13-6-7-14(21(30)29-22(26)32-19(25)8-5-12-3-4-12)15(9-13)16-10-17(20(23)24)28-11-18(16)31-2;2*1-2/h6-7,9-12,17,19-20,27-28H,3-4,25H2,1-2H3,(H2,26,29,30);2*1-2H3. The van der Waals surface area contributed by atoms with Crippen LogP contribution in [0.5, 0.6) is 0 Å². The number of allylic oxidation sites excluding steroid dienone is 1. The van der Waals surface area contributed by atoms with Crippen LogP contribution in [0.15, 0.2) is 41.2 Å². The number of benzene rings is 1. The number of amides is 1. The van der Waals surface area contributed by atoms with E-state index in [0.717, 1.165) is 24.6 Å². The van der Waals surface area contributed by atoms with Gasteiger partial charge in [0.05, 0.1) is 7.11 Å². The fraction of sp³-hybridized carbons (Fsp3) is 0.462. The van der Waals surface area contributed by atoms with Crippen molar-refractivity contribution in [3.05, 3.63) is 47.4 Å². The van der Waals surface area contributed by atoms with Gasteiger partial charge in [-0.2, -0.15) is 4.99 Å². The van der Waals surface area contributed by atoms with E-state index >= 15 is 0 Å². The van der Waals surface area contributed by atoms with Crippen LogP contribution < -0.4 is 22.1 Å². The van der Waals surface area contributed by atoms with Gasteiger partial charge < -0.3 is 26.8 Å². The maximum absolute atomic E-state index is 13.3. The molecule has 1 fully saturated rings. The highest BCUT2D eigenvalue weighted by atomic mass is 32.2. The second-order valence-electron chi connectivity index (χ2n) is 7.19. The number of anilines is 1. The largest absolute Gasteiger partial charge is 0.495 e. The maximum Gasteiger partial charge on any atom is 0.280 e. The Labute approximate surface area is 217 Å². The molecule has 1 heterocycles. The van der Waals surface area contributed by atoms with Crippen molar-refractivity contribution < 1.29 is 18.3 Å². The minimum atomic E-state index is -2.64. The lowest BCUT2D eigenvalue weighted by molar-refractivity contribution is 0.100. The van der Waals surface area contributed by atoms with Crippen molar-refractivity contribution in [2.24, 2.45) is 22.4 Å². The van der Waals surface area contributed by atoms with Crippen LogP contribution in [0.3, 0.4) is 0 Å². The molecular formula is C26H37F2N5O2S. The van der Waals surface area contributed by atoms with E-state index in [4.69, 9.17) is 16.2 Å². The molecule has 0 saturated heterocycles. The molecule has 0 aromatic heterocycles. The van der Waals surface area contributed by atoms with Crippen molar-refractivity contribution in [1.82, 2.24) is 5.32 Å². The van der Waals surface area contributed by atoms with Gasteiger partial charge in [0.1, 0.15) is 17.2 Å². The Morgan fingerprint density at radius 2 is 1.94 bits per heavy atom. The Hall–Kier alpha value is -3.03. The SMILES string of the molecule is CC.CC.CNc1ccc(C(=O)N=C(N)SC(N)C#CC2CC2)c(C2=CC(C(F)F)NC=C2OC)c1. The van der Waals surface area contributed by atoms with Crippen LogP contribution in [0.25, 0.3) is 5.57 Å². The summed E-state index contributed by atoms with van der Waals surface area (Å²) < 4.78 is 32.0. The molecule has 2 aliphatic rings. The van der Waals surface area contributed by atoms with Gasteiger partial charge in [-0.3, -0.25) is 4.79 Å². The van der Waals surface area contributed by atoms with E-state index in [1.807, 2.05) is 27.7 Å². The Morgan fingerprint density at radius 1 is 1.28 bits per heavy atom. The van der Waals surface area contributed by atoms with Crippen LogP contribution in [0.4, 0.5) is 14.5 Å². The molecule has 3 rings (SSSR count). The second kappa shape index (κ2) is 15.9. The third kappa shape index (κ3) is 9.21. The van der Waals surface area contributed by atoms with Crippen molar-refractivity contribution in [2.45, 2.75) is 58.4 Å². The summed E-state index contributed by atoms with van der Waals surface area (Å²) in [4.78, 5) is 16.9. The van der Waals surface area contributed by atoms with Crippen LogP contribution in [-0.2, 0) is 4.74 Å². The Bertz CT molecular complexity index is 1030. The molecule has 1 aliphatic heterocycles. The van der Waals surface area contributed by atoms with Crippen LogP contribution in [-0.4, -0.2) is 43.1 Å². The summed E-state index contributed by atoms with van der Waals surface area (Å²) in [6.45, 7) is 8.00. The lowest BCUT2D eigenvalue weighted by Gasteiger charge is -2.24. The third-order valence-corrected chi connectivity index (χ3v) is 5.51. The first-order chi connectivity index (χ1) is 17.3. The number of nitrogens with two attached hydrogens (primary N) is 2. The monoisotopic (exact) mass is 521 g/mol. The van der Waals surface area contributed by atoms with Gasteiger partial charge in [-0.05, 0) is 37.1 Å². The fourth-order valence-electron chi connectivity index (χ4n) is 2.98. The highest BCUT2D eigenvalue weighted by Gasteiger charge is 2.26. The number of nitrogens with one attached hydrogen (secondary N) is 2. The van der Waals surface area contributed by atoms with Gasteiger partial charge in [-0.1, -0.05) is 51.3 Å². The van der Waals surface area contributed by atoms with Crippen LogP contribution in [0.2, 0.25) is 0 Å². The zero-order valence-electron chi connectivity index (χ0n) is 21.7. The summed E-state index contributed by atoms with van der Waals surface area (Å²) in [5.74, 6) is 6.02. The first-order valence-electron chi connectivity index (χ1n) is 12.0. The highest BCUT2D eigenvalue weighted by Crippen LogP contribution is 2.32. The number of ether oxygens (including phenoxy) is 1. The van der Waals surface area contributed by atoms with Crippen molar-refractivity contribution in [3.8, 4) is 11.8 Å². The summed E-state index contributed by atoms with van der Waals surface area (Å²) >= 11 is 0.990. The molecule has 0 spiro atoms. The first kappa shape index (κ1) is 31.0. The summed E-state index contributed by atoms with van der Waals surface area (Å²) in [7, 11) is 3.13. The van der Waals surface area contributed by atoms with Gasteiger partial charge in [-0.25, -0.2) is 8.78 Å². The molecule has 36 heavy (non-hydrogen) atoms. The molecule has 7 nitrogen and oxygen atoms in total. The zero-order valence-corrected chi connectivity index (χ0v) is 22.5. The average Bonchev–Trinajstić information content (AvgIpc) is 3.73. The normalized spacial score (nSPS) is 17.4. The van der Waals surface area contributed by atoms with E-state index in [0.29, 0.717) is 28.5 Å². The van der Waals surface area contributed by atoms with E-state index in [9.17, 15) is 13.6 Å². The average molecular weight is 522 g/mol. The quantitative estimate of drug-likeness (QED) is 0.184. The predicted octanol–water partition coefficient (Wildman–Crippen LogP) is 4.78. The topological polar surface area (TPSA) is 115 Å². The van der Waals surface area contributed by atoms with Crippen LogP contribution in [0.1, 0.15) is 56.5 Å². The number of hydrogen-bond donors (Lipinski definition) is 4. The minimum Gasteiger partial charge on any atom is -0.495 e. The van der Waals surface area contributed by atoms with E-state index in [1.165, 1.54) is 19.4 Å². The molecule has 0 bridgehead atoms. The Balaban J connectivity index is 0.00000154. The number of methoxy groups -OCH3 is 1. The molecule has 6 N–H and O–H groups in total. The number of alkyl halides is 2. The Kier molecular flexibility index (Phi) is 13.7. The number of carbonyl (C=O) groups is 1. The van der Waals surface area contributed by atoms with Gasteiger partial charge in [-0.15, -0.1) is 0 Å². The summed E-state index contributed by atoms with van der Waals surface area (Å²) in [6.07, 6.45) is 2.20. The van der Waals surface area contributed by atoms with Crippen molar-refractivity contribution >= 4 is 34.1 Å². The summed E-state index contributed by atoms with van der Waals surface area (Å²) in [5.41, 5.74) is 13.5. The molecule has 10 heteroatoms. The first-order valence-corrected chi connectivity index (χ1v) is 12.8. The third-order valence-electron chi connectivity index (χ3n) is 4.81. The molecule has 1 amide bonds. The van der Waals surface area contributed by atoms with Crippen LogP contribution in [0, 0.1) is 17.8 Å². The lowest BCUT2D eigenvalue weighted by Crippen LogP contribution is -2.33. The molecular weight excluding hydrogens is 484 g/mol.